The second-order valence-corrected chi connectivity index (χ2v) is 9.41. The first kappa shape index (κ1) is 22.9. The van der Waals surface area contributed by atoms with E-state index >= 15 is 0 Å². The van der Waals surface area contributed by atoms with Gasteiger partial charge in [-0.2, -0.15) is 0 Å². The molecule has 1 saturated carbocycles. The zero-order valence-corrected chi connectivity index (χ0v) is 19.4. The third-order valence-electron chi connectivity index (χ3n) is 6.49. The number of hydrogen-bond donors (Lipinski definition) is 2. The van der Waals surface area contributed by atoms with Gasteiger partial charge in [-0.3, -0.25) is 14.8 Å². The van der Waals surface area contributed by atoms with Crippen LogP contribution in [-0.2, 0) is 16.0 Å². The molecule has 1 saturated heterocycles. The number of pyridine rings is 1. The van der Waals surface area contributed by atoms with Crippen molar-refractivity contribution in [1.29, 1.82) is 0 Å². The van der Waals surface area contributed by atoms with Crippen molar-refractivity contribution in [2.45, 2.75) is 57.9 Å². The number of ether oxygens (including phenoxy) is 1. The topological polar surface area (TPSA) is 89.0 Å². The molecular weight excluding hydrogens is 426 g/mol. The van der Waals surface area contributed by atoms with E-state index in [1.807, 2.05) is 0 Å². The molecule has 1 amide bonds. The van der Waals surface area contributed by atoms with Gasteiger partial charge >= 0.3 is 0 Å². The molecule has 2 aliphatic rings. The van der Waals surface area contributed by atoms with Crippen LogP contribution in [0.3, 0.4) is 0 Å². The molecule has 2 aromatic rings. The summed E-state index contributed by atoms with van der Waals surface area (Å²) < 4.78 is 5.43. The first-order valence-corrected chi connectivity index (χ1v) is 12.0. The molecule has 2 fully saturated rings. The van der Waals surface area contributed by atoms with Crippen molar-refractivity contribution in [3.63, 3.8) is 0 Å². The van der Waals surface area contributed by atoms with Gasteiger partial charge < -0.3 is 15.4 Å². The molecule has 0 bridgehead atoms. The van der Waals surface area contributed by atoms with E-state index in [9.17, 15) is 4.79 Å². The van der Waals surface area contributed by atoms with Crippen LogP contribution in [0.1, 0.15) is 51.1 Å². The highest BCUT2D eigenvalue weighted by atomic mass is 35.5. The lowest BCUT2D eigenvalue weighted by Crippen LogP contribution is -2.36. The minimum atomic E-state index is 0.0584. The zero-order chi connectivity index (χ0) is 22.3. The fourth-order valence-electron chi connectivity index (χ4n) is 4.66. The molecule has 0 unspecified atom stereocenters. The molecule has 0 radical (unpaired) electrons. The third-order valence-corrected chi connectivity index (χ3v) is 6.79. The van der Waals surface area contributed by atoms with Gasteiger partial charge in [0.25, 0.3) is 0 Å². The Hall–Kier alpha value is -2.25. The summed E-state index contributed by atoms with van der Waals surface area (Å²) >= 11 is 6.49. The van der Waals surface area contributed by atoms with E-state index in [0.717, 1.165) is 87.5 Å². The smallest absolute Gasteiger partial charge is 0.217 e. The second kappa shape index (κ2) is 11.1. The number of halogens is 1. The molecule has 3 heterocycles. The number of nitrogens with one attached hydrogen (secondary N) is 2. The van der Waals surface area contributed by atoms with Crippen molar-refractivity contribution in [2.75, 3.05) is 25.1 Å². The van der Waals surface area contributed by atoms with Gasteiger partial charge in [0.05, 0.1) is 23.1 Å². The highest BCUT2D eigenvalue weighted by molar-refractivity contribution is 6.33. The Labute approximate surface area is 194 Å². The van der Waals surface area contributed by atoms with Crippen LogP contribution in [-0.4, -0.2) is 46.7 Å². The van der Waals surface area contributed by atoms with Crippen LogP contribution in [0.4, 0.5) is 5.82 Å². The molecule has 0 aromatic carbocycles. The lowest BCUT2D eigenvalue weighted by Gasteiger charge is -2.28. The van der Waals surface area contributed by atoms with Crippen molar-refractivity contribution in [3.8, 4) is 11.3 Å². The quantitative estimate of drug-likeness (QED) is 0.645. The molecule has 8 heteroatoms. The summed E-state index contributed by atoms with van der Waals surface area (Å²) in [5, 5.41) is 7.05. The molecule has 4 rings (SSSR count). The van der Waals surface area contributed by atoms with E-state index in [4.69, 9.17) is 21.3 Å². The summed E-state index contributed by atoms with van der Waals surface area (Å²) in [6, 6.07) is 2.36. The summed E-state index contributed by atoms with van der Waals surface area (Å²) in [5.41, 5.74) is 2.64. The van der Waals surface area contributed by atoms with Gasteiger partial charge in [0.15, 0.2) is 0 Å². The Morgan fingerprint density at radius 2 is 1.88 bits per heavy atom. The molecule has 172 valence electrons. The second-order valence-electron chi connectivity index (χ2n) is 9.00. The molecule has 1 aliphatic heterocycles. The van der Waals surface area contributed by atoms with Gasteiger partial charge in [-0.05, 0) is 62.8 Å². The molecular formula is C24H32ClN5O2. The fourth-order valence-corrected chi connectivity index (χ4v) is 4.86. The number of anilines is 1. The van der Waals surface area contributed by atoms with E-state index in [2.05, 4.69) is 26.7 Å². The number of rotatable bonds is 7. The third kappa shape index (κ3) is 6.39. The number of carbonyl (C=O) groups excluding carboxylic acids is 1. The van der Waals surface area contributed by atoms with Crippen molar-refractivity contribution >= 4 is 23.3 Å². The van der Waals surface area contributed by atoms with Crippen LogP contribution in [0.15, 0.2) is 24.7 Å². The number of carbonyl (C=O) groups is 1. The molecule has 1 aliphatic carbocycles. The maximum Gasteiger partial charge on any atom is 0.217 e. The van der Waals surface area contributed by atoms with Gasteiger partial charge in [-0.25, -0.2) is 4.98 Å². The van der Waals surface area contributed by atoms with Gasteiger partial charge in [0.1, 0.15) is 5.82 Å². The maximum atomic E-state index is 11.3. The summed E-state index contributed by atoms with van der Waals surface area (Å²) in [4.78, 5) is 25.0. The highest BCUT2D eigenvalue weighted by Crippen LogP contribution is 2.31. The zero-order valence-electron chi connectivity index (χ0n) is 18.6. The first-order chi connectivity index (χ1) is 15.6. The van der Waals surface area contributed by atoms with Crippen LogP contribution in [0.25, 0.3) is 11.3 Å². The molecule has 32 heavy (non-hydrogen) atoms. The Kier molecular flexibility index (Phi) is 7.92. The van der Waals surface area contributed by atoms with Gasteiger partial charge in [-0.1, -0.05) is 11.6 Å². The summed E-state index contributed by atoms with van der Waals surface area (Å²) in [6.45, 7) is 4.13. The predicted octanol–water partition coefficient (Wildman–Crippen LogP) is 4.27. The predicted molar refractivity (Wildman–Crippen MR) is 126 cm³/mol. The van der Waals surface area contributed by atoms with E-state index in [0.29, 0.717) is 22.9 Å². The van der Waals surface area contributed by atoms with Gasteiger partial charge in [-0.15, -0.1) is 0 Å². The summed E-state index contributed by atoms with van der Waals surface area (Å²) in [7, 11) is 0. The summed E-state index contributed by atoms with van der Waals surface area (Å²) in [6.07, 6.45) is 12.5. The maximum absolute atomic E-state index is 11.3. The van der Waals surface area contributed by atoms with E-state index in [1.165, 1.54) is 0 Å². The minimum Gasteiger partial charge on any atom is -0.381 e. The monoisotopic (exact) mass is 457 g/mol. The van der Waals surface area contributed by atoms with Crippen molar-refractivity contribution < 1.29 is 9.53 Å². The number of hydrogen-bond acceptors (Lipinski definition) is 6. The SMILES string of the molecule is CC(=O)NC1CCC(Cc2cc(-c3cncc(NCC4CCOCC4)n3)c(Cl)cn2)CC1. The van der Waals surface area contributed by atoms with Crippen LogP contribution in [0.5, 0.6) is 0 Å². The Balaban J connectivity index is 1.38. The van der Waals surface area contributed by atoms with Crippen LogP contribution in [0.2, 0.25) is 5.02 Å². The fraction of sp³-hybridized carbons (Fsp3) is 0.583. The Morgan fingerprint density at radius 3 is 2.62 bits per heavy atom. The van der Waals surface area contributed by atoms with E-state index < -0.39 is 0 Å². The standard InChI is InChI=1S/C24H32ClN5O2/c1-16(31)29-19-4-2-17(3-5-19)10-20-11-21(22(25)13-27-20)23-14-26-15-24(30-23)28-12-18-6-8-32-9-7-18/h11,13-15,17-19H,2-10,12H2,1H3,(H,28,30)(H,29,31). The number of amides is 1. The minimum absolute atomic E-state index is 0.0584. The van der Waals surface area contributed by atoms with Crippen molar-refractivity contribution in [1.82, 2.24) is 20.3 Å². The largest absolute Gasteiger partial charge is 0.381 e. The lowest BCUT2D eigenvalue weighted by molar-refractivity contribution is -0.119. The van der Waals surface area contributed by atoms with Crippen LogP contribution in [0, 0.1) is 11.8 Å². The van der Waals surface area contributed by atoms with E-state index in [-0.39, 0.29) is 5.91 Å². The molecule has 0 atom stereocenters. The molecule has 7 nitrogen and oxygen atoms in total. The lowest BCUT2D eigenvalue weighted by atomic mass is 9.83. The number of nitrogens with zero attached hydrogens (tertiary/aromatic N) is 3. The molecule has 2 N–H and O–H groups in total. The average Bonchev–Trinajstić information content (AvgIpc) is 2.81. The average molecular weight is 458 g/mol. The number of aromatic nitrogens is 3. The van der Waals surface area contributed by atoms with Crippen LogP contribution >= 0.6 is 11.6 Å². The molecule has 2 aromatic heterocycles. The van der Waals surface area contributed by atoms with Crippen molar-refractivity contribution in [3.05, 3.63) is 35.4 Å². The Morgan fingerprint density at radius 1 is 1.09 bits per heavy atom. The van der Waals surface area contributed by atoms with Crippen molar-refractivity contribution in [2.24, 2.45) is 11.8 Å². The normalized spacial score (nSPS) is 21.8. The van der Waals surface area contributed by atoms with Gasteiger partial charge in [0.2, 0.25) is 5.91 Å². The Bertz CT molecular complexity index is 911. The first-order valence-electron chi connectivity index (χ1n) is 11.6. The highest BCUT2D eigenvalue weighted by Gasteiger charge is 2.22. The van der Waals surface area contributed by atoms with Crippen LogP contribution < -0.4 is 10.6 Å². The van der Waals surface area contributed by atoms with E-state index in [1.54, 1.807) is 25.5 Å². The van der Waals surface area contributed by atoms with Gasteiger partial charge in [0, 0.05) is 50.2 Å². The molecule has 0 spiro atoms. The summed E-state index contributed by atoms with van der Waals surface area (Å²) in [5.74, 6) is 1.99.